The van der Waals surface area contributed by atoms with E-state index in [1.807, 2.05) is 4.90 Å². The monoisotopic (exact) mass is 387 g/mol. The summed E-state index contributed by atoms with van der Waals surface area (Å²) in [5.74, 6) is -3.66. The molecule has 0 radical (unpaired) electrons. The Morgan fingerprint density at radius 2 is 1.91 bits per heavy atom. The lowest BCUT2D eigenvalue weighted by Gasteiger charge is -2.37. The Labute approximate surface area is 142 Å². The minimum Gasteiger partial charge on any atom is -0.480 e. The third kappa shape index (κ3) is 3.02. The molecule has 0 aromatic heterocycles. The van der Waals surface area contributed by atoms with Crippen molar-refractivity contribution in [3.05, 3.63) is 22.1 Å². The summed E-state index contributed by atoms with van der Waals surface area (Å²) in [5.41, 5.74) is -0.128. The van der Waals surface area contributed by atoms with Crippen molar-refractivity contribution in [3.63, 3.8) is 0 Å². The van der Waals surface area contributed by atoms with Crippen molar-refractivity contribution in [1.29, 1.82) is 0 Å². The Hall–Kier alpha value is -1.38. The maximum atomic E-state index is 12.5. The van der Waals surface area contributed by atoms with Crippen LogP contribution >= 0.6 is 15.9 Å². The molecular weight excluding hydrogens is 370 g/mol. The van der Waals surface area contributed by atoms with Crippen LogP contribution in [0.25, 0.3) is 0 Å². The Bertz CT molecular complexity index is 605. The fourth-order valence-corrected chi connectivity index (χ4v) is 3.58. The molecule has 0 unspecified atom stereocenters. The van der Waals surface area contributed by atoms with E-state index in [4.69, 9.17) is 14.2 Å². The zero-order chi connectivity index (χ0) is 16.8. The van der Waals surface area contributed by atoms with Gasteiger partial charge in [-0.25, -0.2) is 4.79 Å². The van der Waals surface area contributed by atoms with Crippen molar-refractivity contribution in [2.45, 2.75) is 25.7 Å². The first-order valence-electron chi connectivity index (χ1n) is 7.39. The average molecular weight is 388 g/mol. The number of aliphatic hydroxyl groups excluding tert-OH is 1. The molecule has 7 nitrogen and oxygen atoms in total. The van der Waals surface area contributed by atoms with Gasteiger partial charge in [-0.2, -0.15) is 0 Å². The highest BCUT2D eigenvalue weighted by atomic mass is 79.9. The standard InChI is InChI=1S/C15H18BrNO6/c1-15(2)22-13(19)11(14(20)23-15)10-9(7-8(16)12(10)18)17-3-5-21-6-4-17/h7,9-10,19H,3-6H2,1-2H3/t9-,10+/m0/s1. The zero-order valence-electron chi connectivity index (χ0n) is 12.9. The summed E-state index contributed by atoms with van der Waals surface area (Å²) in [5, 5.41) is 10.2. The number of halogens is 1. The molecule has 0 aromatic carbocycles. The van der Waals surface area contributed by atoms with Gasteiger partial charge < -0.3 is 19.3 Å². The molecule has 3 aliphatic rings. The molecule has 0 aromatic rings. The minimum atomic E-state index is -1.26. The van der Waals surface area contributed by atoms with Crippen molar-refractivity contribution < 1.29 is 28.9 Å². The lowest BCUT2D eigenvalue weighted by Crippen LogP contribution is -2.49. The largest absolute Gasteiger partial charge is 0.480 e. The second-order valence-electron chi connectivity index (χ2n) is 6.11. The summed E-state index contributed by atoms with van der Waals surface area (Å²) in [6, 6.07) is -0.352. The summed E-state index contributed by atoms with van der Waals surface area (Å²) in [6.07, 6.45) is 1.76. The Kier molecular flexibility index (Phi) is 4.24. The lowest BCUT2D eigenvalue weighted by atomic mass is 9.90. The van der Waals surface area contributed by atoms with Gasteiger partial charge >= 0.3 is 5.97 Å². The predicted molar refractivity (Wildman–Crippen MR) is 82.6 cm³/mol. The fourth-order valence-electron chi connectivity index (χ4n) is 3.06. The summed E-state index contributed by atoms with van der Waals surface area (Å²) < 4.78 is 16.1. The predicted octanol–water partition coefficient (Wildman–Crippen LogP) is 1.24. The third-order valence-electron chi connectivity index (χ3n) is 4.09. The second-order valence-corrected chi connectivity index (χ2v) is 6.96. The molecular formula is C15H18BrNO6. The lowest BCUT2D eigenvalue weighted by molar-refractivity contribution is -0.223. The number of aliphatic hydroxyl groups is 1. The number of allylic oxidation sites excluding steroid dienone is 1. The van der Waals surface area contributed by atoms with Crippen LogP contribution in [-0.4, -0.2) is 59.9 Å². The summed E-state index contributed by atoms with van der Waals surface area (Å²) >= 11 is 3.24. The topological polar surface area (TPSA) is 85.3 Å². The molecule has 1 saturated heterocycles. The molecule has 23 heavy (non-hydrogen) atoms. The number of ketones is 1. The van der Waals surface area contributed by atoms with Crippen molar-refractivity contribution in [3.8, 4) is 0 Å². The normalized spacial score (nSPS) is 31.7. The van der Waals surface area contributed by atoms with E-state index < -0.39 is 23.6 Å². The first kappa shape index (κ1) is 16.5. The van der Waals surface area contributed by atoms with Crippen LogP contribution in [0.4, 0.5) is 0 Å². The molecule has 2 atom stereocenters. The van der Waals surface area contributed by atoms with E-state index in [1.54, 1.807) is 6.08 Å². The number of nitrogens with zero attached hydrogens (tertiary/aromatic N) is 1. The highest BCUT2D eigenvalue weighted by Crippen LogP contribution is 2.39. The molecule has 8 heteroatoms. The zero-order valence-corrected chi connectivity index (χ0v) is 14.5. The number of morpholine rings is 1. The molecule has 1 aliphatic carbocycles. The van der Waals surface area contributed by atoms with Crippen LogP contribution in [0, 0.1) is 5.92 Å². The summed E-state index contributed by atoms with van der Waals surface area (Å²) in [7, 11) is 0. The molecule has 2 heterocycles. The highest BCUT2D eigenvalue weighted by molar-refractivity contribution is 9.12. The van der Waals surface area contributed by atoms with E-state index in [1.165, 1.54) is 13.8 Å². The summed E-state index contributed by atoms with van der Waals surface area (Å²) in [4.78, 5) is 26.9. The number of ether oxygens (including phenoxy) is 3. The number of hydrogen-bond acceptors (Lipinski definition) is 7. The number of cyclic esters (lactones) is 1. The van der Waals surface area contributed by atoms with E-state index in [2.05, 4.69) is 15.9 Å². The maximum absolute atomic E-state index is 12.5. The van der Waals surface area contributed by atoms with Crippen LogP contribution in [0.1, 0.15) is 13.8 Å². The van der Waals surface area contributed by atoms with Gasteiger partial charge in [0.05, 0.1) is 23.6 Å². The number of hydrogen-bond donors (Lipinski definition) is 1. The van der Waals surface area contributed by atoms with Crippen LogP contribution < -0.4 is 0 Å². The van der Waals surface area contributed by atoms with Crippen LogP contribution in [-0.2, 0) is 23.8 Å². The number of carbonyl (C=O) groups is 2. The van der Waals surface area contributed by atoms with E-state index >= 15 is 0 Å². The van der Waals surface area contributed by atoms with Crippen LogP contribution in [0.3, 0.4) is 0 Å². The van der Waals surface area contributed by atoms with Crippen LogP contribution in [0.15, 0.2) is 22.1 Å². The molecule has 126 valence electrons. The van der Waals surface area contributed by atoms with Gasteiger partial charge in [-0.3, -0.25) is 9.69 Å². The SMILES string of the molecule is CC1(C)OC(=O)C([C@@H]2C(=O)C(Br)=C[C@@H]2N2CCOCC2)=C(O)O1. The second kappa shape index (κ2) is 5.92. The number of carbonyl (C=O) groups excluding carboxylic acids is 2. The molecule has 1 N–H and O–H groups in total. The first-order valence-corrected chi connectivity index (χ1v) is 8.18. The van der Waals surface area contributed by atoms with Gasteiger partial charge in [-0.15, -0.1) is 0 Å². The quantitative estimate of drug-likeness (QED) is 0.713. The maximum Gasteiger partial charge on any atom is 0.345 e. The van der Waals surface area contributed by atoms with Gasteiger partial charge in [-0.05, 0) is 22.0 Å². The van der Waals surface area contributed by atoms with Gasteiger partial charge in [0.25, 0.3) is 11.7 Å². The van der Waals surface area contributed by atoms with Gasteiger partial charge in [0.15, 0.2) is 5.78 Å². The molecule has 3 rings (SSSR count). The van der Waals surface area contributed by atoms with Crippen molar-refractivity contribution >= 4 is 27.7 Å². The van der Waals surface area contributed by atoms with Crippen molar-refractivity contribution in [2.24, 2.45) is 5.92 Å². The molecule has 1 fully saturated rings. The van der Waals surface area contributed by atoms with Gasteiger partial charge in [-0.1, -0.05) is 0 Å². The Morgan fingerprint density at radius 3 is 2.52 bits per heavy atom. The van der Waals surface area contributed by atoms with Gasteiger partial charge in [0.2, 0.25) is 0 Å². The fraction of sp³-hybridized carbons (Fsp3) is 0.600. The molecule has 0 amide bonds. The van der Waals surface area contributed by atoms with Crippen molar-refractivity contribution in [2.75, 3.05) is 26.3 Å². The Balaban J connectivity index is 1.95. The molecule has 0 saturated carbocycles. The number of Topliss-reactive ketones (excluding diaryl/α,β-unsaturated/α-hetero) is 1. The third-order valence-corrected chi connectivity index (χ3v) is 4.74. The number of esters is 1. The Morgan fingerprint density at radius 1 is 1.26 bits per heavy atom. The van der Waals surface area contributed by atoms with Crippen molar-refractivity contribution in [1.82, 2.24) is 4.90 Å². The van der Waals surface area contributed by atoms with E-state index in [-0.39, 0.29) is 17.4 Å². The molecule has 0 spiro atoms. The number of rotatable bonds is 2. The van der Waals surface area contributed by atoms with E-state index in [0.717, 1.165) is 0 Å². The van der Waals surface area contributed by atoms with E-state index in [0.29, 0.717) is 30.8 Å². The first-order chi connectivity index (χ1) is 10.8. The van der Waals surface area contributed by atoms with E-state index in [9.17, 15) is 14.7 Å². The van der Waals surface area contributed by atoms with Gasteiger partial charge in [0, 0.05) is 33.0 Å². The van der Waals surface area contributed by atoms with Gasteiger partial charge in [0.1, 0.15) is 5.57 Å². The minimum absolute atomic E-state index is 0.128. The molecule has 0 bridgehead atoms. The molecule has 2 aliphatic heterocycles. The average Bonchev–Trinajstić information content (AvgIpc) is 2.75. The smallest absolute Gasteiger partial charge is 0.345 e. The summed E-state index contributed by atoms with van der Waals surface area (Å²) in [6.45, 7) is 5.43. The highest BCUT2D eigenvalue weighted by Gasteiger charge is 2.49. The van der Waals surface area contributed by atoms with Crippen LogP contribution in [0.2, 0.25) is 0 Å². The van der Waals surface area contributed by atoms with Crippen LogP contribution in [0.5, 0.6) is 0 Å².